The monoisotopic (exact) mass is 506 g/mol. The number of alkyl halides is 3. The molecule has 37 heavy (non-hydrogen) atoms. The Labute approximate surface area is 212 Å². The van der Waals surface area contributed by atoms with Crippen LogP contribution in [0.2, 0.25) is 0 Å². The van der Waals surface area contributed by atoms with Crippen LogP contribution < -0.4 is 10.2 Å². The summed E-state index contributed by atoms with van der Waals surface area (Å²) in [7, 11) is 0. The van der Waals surface area contributed by atoms with Crippen molar-refractivity contribution in [3.05, 3.63) is 84.1 Å². The average Bonchev–Trinajstić information content (AvgIpc) is 2.93. The molecular weight excluding hydrogens is 481 g/mol. The van der Waals surface area contributed by atoms with Crippen LogP contribution in [0.5, 0.6) is 0 Å². The minimum Gasteiger partial charge on any atom is -0.378 e. The minimum atomic E-state index is -4.48. The zero-order chi connectivity index (χ0) is 25.8. The van der Waals surface area contributed by atoms with Crippen LogP contribution in [-0.2, 0) is 10.9 Å². The van der Waals surface area contributed by atoms with Crippen molar-refractivity contribution in [3.8, 4) is 22.5 Å². The Morgan fingerprint density at radius 3 is 2.49 bits per heavy atom. The second-order valence-corrected chi connectivity index (χ2v) is 8.68. The zero-order valence-corrected chi connectivity index (χ0v) is 20.1. The van der Waals surface area contributed by atoms with Crippen molar-refractivity contribution < 1.29 is 17.9 Å². The molecular formula is C27H25F3N6O. The molecule has 1 aliphatic heterocycles. The summed E-state index contributed by atoms with van der Waals surface area (Å²) in [5.41, 5.74) is 2.02. The standard InChI is InChI=1S/C27H25F3N6O/c1-18(19-6-3-2-4-7-19)32-26-31-11-10-23(33-26)22-17-24(36-12-14-37-15-13-36)34-35-25(22)20-8-5-9-21(16-20)27(28,29)30/h2-11,16-18H,12-15H2,1H3,(H,31,32,33)/t18-/m0/s1. The summed E-state index contributed by atoms with van der Waals surface area (Å²) >= 11 is 0. The van der Waals surface area contributed by atoms with Gasteiger partial charge in [-0.3, -0.25) is 0 Å². The molecule has 3 heterocycles. The van der Waals surface area contributed by atoms with Gasteiger partial charge in [-0.1, -0.05) is 42.5 Å². The van der Waals surface area contributed by atoms with E-state index in [4.69, 9.17) is 9.72 Å². The normalized spacial score (nSPS) is 14.9. The van der Waals surface area contributed by atoms with E-state index in [0.717, 1.165) is 17.7 Å². The molecule has 0 radical (unpaired) electrons. The molecule has 0 unspecified atom stereocenters. The highest BCUT2D eigenvalue weighted by Crippen LogP contribution is 2.36. The molecule has 4 aromatic rings. The third-order valence-corrected chi connectivity index (χ3v) is 6.16. The molecule has 1 N–H and O–H groups in total. The van der Waals surface area contributed by atoms with Crippen LogP contribution in [0.1, 0.15) is 24.1 Å². The molecule has 1 atom stereocenters. The van der Waals surface area contributed by atoms with Gasteiger partial charge in [0.25, 0.3) is 0 Å². The fourth-order valence-corrected chi connectivity index (χ4v) is 4.18. The molecule has 1 aliphatic rings. The second-order valence-electron chi connectivity index (χ2n) is 8.68. The molecule has 0 amide bonds. The van der Waals surface area contributed by atoms with Crippen LogP contribution in [0.25, 0.3) is 22.5 Å². The summed E-state index contributed by atoms with van der Waals surface area (Å²) < 4.78 is 45.8. The van der Waals surface area contributed by atoms with Gasteiger partial charge in [-0.25, -0.2) is 9.97 Å². The van der Waals surface area contributed by atoms with E-state index in [1.54, 1.807) is 18.3 Å². The Bertz CT molecular complexity index is 1360. The zero-order valence-electron chi connectivity index (χ0n) is 20.1. The lowest BCUT2D eigenvalue weighted by Gasteiger charge is -2.28. The summed E-state index contributed by atoms with van der Waals surface area (Å²) in [4.78, 5) is 11.1. The molecule has 0 aliphatic carbocycles. The Kier molecular flexibility index (Phi) is 7.00. The molecule has 2 aromatic carbocycles. The van der Waals surface area contributed by atoms with Gasteiger partial charge < -0.3 is 15.0 Å². The fourth-order valence-electron chi connectivity index (χ4n) is 4.18. The first-order valence-electron chi connectivity index (χ1n) is 11.9. The predicted octanol–water partition coefficient (Wildman–Crippen LogP) is 5.63. The highest BCUT2D eigenvalue weighted by molar-refractivity contribution is 5.81. The average molecular weight is 507 g/mol. The fraction of sp³-hybridized carbons (Fsp3) is 0.259. The van der Waals surface area contributed by atoms with Crippen LogP contribution in [0.4, 0.5) is 24.9 Å². The van der Waals surface area contributed by atoms with Crippen molar-refractivity contribution in [2.45, 2.75) is 19.1 Å². The van der Waals surface area contributed by atoms with Gasteiger partial charge in [0.2, 0.25) is 5.95 Å². The van der Waals surface area contributed by atoms with E-state index in [2.05, 4.69) is 20.5 Å². The lowest BCUT2D eigenvalue weighted by atomic mass is 10.0. The molecule has 7 nitrogen and oxygen atoms in total. The predicted molar refractivity (Wildman–Crippen MR) is 135 cm³/mol. The molecule has 190 valence electrons. The Balaban J connectivity index is 1.56. The molecule has 0 spiro atoms. The molecule has 10 heteroatoms. The van der Waals surface area contributed by atoms with E-state index in [0.29, 0.717) is 60.6 Å². The van der Waals surface area contributed by atoms with Crippen LogP contribution in [0.15, 0.2) is 72.9 Å². The van der Waals surface area contributed by atoms with E-state index < -0.39 is 11.7 Å². The van der Waals surface area contributed by atoms with Gasteiger partial charge in [0.05, 0.1) is 30.5 Å². The van der Waals surface area contributed by atoms with Crippen LogP contribution >= 0.6 is 0 Å². The number of benzene rings is 2. The molecule has 1 fully saturated rings. The van der Waals surface area contributed by atoms with Crippen molar-refractivity contribution >= 4 is 11.8 Å². The van der Waals surface area contributed by atoms with Crippen molar-refractivity contribution in [3.63, 3.8) is 0 Å². The lowest BCUT2D eigenvalue weighted by molar-refractivity contribution is -0.137. The molecule has 1 saturated heterocycles. The first-order valence-corrected chi connectivity index (χ1v) is 11.9. The number of hydrogen-bond donors (Lipinski definition) is 1. The van der Waals surface area contributed by atoms with Gasteiger partial charge in [0, 0.05) is 30.4 Å². The highest BCUT2D eigenvalue weighted by Gasteiger charge is 2.31. The van der Waals surface area contributed by atoms with Gasteiger partial charge in [0.1, 0.15) is 5.69 Å². The third kappa shape index (κ3) is 5.69. The Morgan fingerprint density at radius 1 is 0.946 bits per heavy atom. The first kappa shape index (κ1) is 24.6. The van der Waals surface area contributed by atoms with Crippen molar-refractivity contribution in [1.29, 1.82) is 0 Å². The number of halogens is 3. The van der Waals surface area contributed by atoms with Crippen molar-refractivity contribution in [2.75, 3.05) is 36.5 Å². The van der Waals surface area contributed by atoms with Gasteiger partial charge >= 0.3 is 6.18 Å². The van der Waals surface area contributed by atoms with E-state index in [1.807, 2.05) is 48.2 Å². The maximum atomic E-state index is 13.4. The van der Waals surface area contributed by atoms with Crippen LogP contribution in [0.3, 0.4) is 0 Å². The SMILES string of the molecule is C[C@H](Nc1nccc(-c2cc(N3CCOCC3)nnc2-c2cccc(C(F)(F)F)c2)n1)c1ccccc1. The maximum Gasteiger partial charge on any atom is 0.416 e. The molecule has 0 bridgehead atoms. The van der Waals surface area contributed by atoms with E-state index in [1.165, 1.54) is 6.07 Å². The van der Waals surface area contributed by atoms with Crippen LogP contribution in [0, 0.1) is 0 Å². The van der Waals surface area contributed by atoms with Crippen molar-refractivity contribution in [1.82, 2.24) is 20.2 Å². The smallest absolute Gasteiger partial charge is 0.378 e. The maximum absolute atomic E-state index is 13.4. The van der Waals surface area contributed by atoms with Crippen LogP contribution in [-0.4, -0.2) is 46.5 Å². The Morgan fingerprint density at radius 2 is 1.73 bits per heavy atom. The largest absolute Gasteiger partial charge is 0.416 e. The minimum absolute atomic E-state index is 0.0566. The van der Waals surface area contributed by atoms with Crippen molar-refractivity contribution in [2.24, 2.45) is 0 Å². The summed E-state index contributed by atoms with van der Waals surface area (Å²) in [6.45, 7) is 4.41. The Hall–Kier alpha value is -4.05. The van der Waals surface area contributed by atoms with Gasteiger partial charge in [-0.15, -0.1) is 10.2 Å². The van der Waals surface area contributed by atoms with E-state index in [-0.39, 0.29) is 6.04 Å². The van der Waals surface area contributed by atoms with E-state index in [9.17, 15) is 13.2 Å². The van der Waals surface area contributed by atoms with Gasteiger partial charge in [-0.2, -0.15) is 13.2 Å². The number of anilines is 2. The summed E-state index contributed by atoms with van der Waals surface area (Å²) in [6, 6.07) is 18.5. The third-order valence-electron chi connectivity index (χ3n) is 6.16. The second kappa shape index (κ2) is 10.5. The number of nitrogens with zero attached hydrogens (tertiary/aromatic N) is 5. The highest BCUT2D eigenvalue weighted by atomic mass is 19.4. The lowest BCUT2D eigenvalue weighted by Crippen LogP contribution is -2.36. The topological polar surface area (TPSA) is 76.1 Å². The van der Waals surface area contributed by atoms with E-state index >= 15 is 0 Å². The molecule has 0 saturated carbocycles. The molecule has 2 aromatic heterocycles. The summed E-state index contributed by atoms with van der Waals surface area (Å²) in [6.07, 6.45) is -2.86. The summed E-state index contributed by atoms with van der Waals surface area (Å²) in [5.74, 6) is 1.01. The first-order chi connectivity index (χ1) is 17.9. The summed E-state index contributed by atoms with van der Waals surface area (Å²) in [5, 5.41) is 12.0. The van der Waals surface area contributed by atoms with Gasteiger partial charge in [0.15, 0.2) is 5.82 Å². The number of hydrogen-bond acceptors (Lipinski definition) is 7. The number of rotatable bonds is 6. The van der Waals surface area contributed by atoms with Gasteiger partial charge in [-0.05, 0) is 36.8 Å². The number of ether oxygens (including phenoxy) is 1. The molecule has 5 rings (SSSR count). The number of aromatic nitrogens is 4. The number of morpholine rings is 1. The quantitative estimate of drug-likeness (QED) is 0.363. The number of nitrogens with one attached hydrogen (secondary N) is 1.